The molecule has 2 fully saturated rings. The van der Waals surface area contributed by atoms with E-state index in [2.05, 4.69) is 4.90 Å². The van der Waals surface area contributed by atoms with Gasteiger partial charge in [0.1, 0.15) is 0 Å². The molecule has 0 aromatic heterocycles. The number of nitrogens with zero attached hydrogens (tertiary/aromatic N) is 3. The standard InChI is InChI=1S/C21H31N3O6/c1-28-17-13-16(14-18(29-2)21(17)27)3-4-19(25)23-7-5-22(6-8-23)15-20(26)24-9-11-30-12-10-24/h13-14,27H,3-12,15H2,1-2H3. The summed E-state index contributed by atoms with van der Waals surface area (Å²) in [6, 6.07) is 3.45. The van der Waals surface area contributed by atoms with E-state index in [1.54, 1.807) is 12.1 Å². The molecule has 0 spiro atoms. The Morgan fingerprint density at radius 3 is 2.07 bits per heavy atom. The van der Waals surface area contributed by atoms with Crippen LogP contribution < -0.4 is 9.47 Å². The Kier molecular flexibility index (Phi) is 7.75. The van der Waals surface area contributed by atoms with Crippen molar-refractivity contribution in [3.05, 3.63) is 17.7 Å². The summed E-state index contributed by atoms with van der Waals surface area (Å²) in [6.07, 6.45) is 0.894. The number of morpholine rings is 1. The molecular weight excluding hydrogens is 390 g/mol. The van der Waals surface area contributed by atoms with Crippen LogP contribution in [0.15, 0.2) is 12.1 Å². The molecule has 3 rings (SSSR count). The van der Waals surface area contributed by atoms with Gasteiger partial charge in [-0.25, -0.2) is 0 Å². The van der Waals surface area contributed by atoms with Crippen LogP contribution >= 0.6 is 0 Å². The lowest BCUT2D eigenvalue weighted by atomic mass is 10.1. The zero-order valence-electron chi connectivity index (χ0n) is 17.8. The number of methoxy groups -OCH3 is 2. The summed E-state index contributed by atoms with van der Waals surface area (Å²) in [5.41, 5.74) is 0.865. The van der Waals surface area contributed by atoms with Gasteiger partial charge >= 0.3 is 0 Å². The summed E-state index contributed by atoms with van der Waals surface area (Å²) in [6.45, 7) is 5.56. The Bertz CT molecular complexity index is 717. The van der Waals surface area contributed by atoms with Crippen LogP contribution in [-0.4, -0.2) is 105 Å². The van der Waals surface area contributed by atoms with Crippen molar-refractivity contribution in [3.8, 4) is 17.2 Å². The molecule has 2 amide bonds. The molecule has 0 bridgehead atoms. The minimum atomic E-state index is -0.0437. The lowest BCUT2D eigenvalue weighted by molar-refractivity contribution is -0.137. The highest BCUT2D eigenvalue weighted by Crippen LogP contribution is 2.37. The molecule has 2 saturated heterocycles. The van der Waals surface area contributed by atoms with E-state index in [1.165, 1.54) is 14.2 Å². The highest BCUT2D eigenvalue weighted by atomic mass is 16.5. The van der Waals surface area contributed by atoms with E-state index in [0.29, 0.717) is 83.4 Å². The minimum absolute atomic E-state index is 0.0437. The molecule has 0 atom stereocenters. The number of benzene rings is 1. The lowest BCUT2D eigenvalue weighted by Gasteiger charge is -2.36. The monoisotopic (exact) mass is 421 g/mol. The van der Waals surface area contributed by atoms with E-state index in [9.17, 15) is 14.7 Å². The average Bonchev–Trinajstić information content (AvgIpc) is 2.79. The fourth-order valence-electron chi connectivity index (χ4n) is 3.76. The summed E-state index contributed by atoms with van der Waals surface area (Å²) < 4.78 is 15.6. The topological polar surface area (TPSA) is 91.8 Å². The zero-order chi connectivity index (χ0) is 21.5. The maximum absolute atomic E-state index is 12.6. The van der Waals surface area contributed by atoms with Crippen LogP contribution in [0.1, 0.15) is 12.0 Å². The number of phenols is 1. The molecule has 0 unspecified atom stereocenters. The van der Waals surface area contributed by atoms with Gasteiger partial charge in [-0.3, -0.25) is 14.5 Å². The van der Waals surface area contributed by atoms with Crippen LogP contribution in [0.2, 0.25) is 0 Å². The molecule has 0 saturated carbocycles. The van der Waals surface area contributed by atoms with Crippen molar-refractivity contribution < 1.29 is 28.9 Å². The summed E-state index contributed by atoms with van der Waals surface area (Å²) in [5, 5.41) is 10.0. The Morgan fingerprint density at radius 2 is 1.50 bits per heavy atom. The van der Waals surface area contributed by atoms with Crippen molar-refractivity contribution in [2.45, 2.75) is 12.8 Å². The number of carbonyl (C=O) groups is 2. The molecule has 1 aromatic rings. The molecule has 1 aromatic carbocycles. The van der Waals surface area contributed by atoms with E-state index in [0.717, 1.165) is 5.56 Å². The quantitative estimate of drug-likeness (QED) is 0.679. The molecule has 0 aliphatic carbocycles. The third-order valence-corrected chi connectivity index (χ3v) is 5.61. The summed E-state index contributed by atoms with van der Waals surface area (Å²) in [7, 11) is 2.96. The van der Waals surface area contributed by atoms with Crippen molar-refractivity contribution in [2.24, 2.45) is 0 Å². The van der Waals surface area contributed by atoms with Crippen LogP contribution in [0, 0.1) is 0 Å². The van der Waals surface area contributed by atoms with Gasteiger partial charge in [-0.2, -0.15) is 0 Å². The van der Waals surface area contributed by atoms with Gasteiger partial charge in [-0.15, -0.1) is 0 Å². The fourth-order valence-corrected chi connectivity index (χ4v) is 3.76. The van der Waals surface area contributed by atoms with Gasteiger partial charge in [0.15, 0.2) is 11.5 Å². The molecule has 2 aliphatic rings. The van der Waals surface area contributed by atoms with Gasteiger partial charge in [0, 0.05) is 45.7 Å². The number of hydrogen-bond donors (Lipinski definition) is 1. The number of ether oxygens (including phenoxy) is 3. The highest BCUT2D eigenvalue weighted by Gasteiger charge is 2.25. The fraction of sp³-hybridized carbons (Fsp3) is 0.619. The molecule has 2 heterocycles. The first kappa shape index (κ1) is 22.2. The second-order valence-electron chi connectivity index (χ2n) is 7.50. The molecular formula is C21H31N3O6. The number of hydrogen-bond acceptors (Lipinski definition) is 7. The van der Waals surface area contributed by atoms with Crippen LogP contribution in [-0.2, 0) is 20.7 Å². The van der Waals surface area contributed by atoms with Crippen molar-refractivity contribution >= 4 is 11.8 Å². The van der Waals surface area contributed by atoms with E-state index in [-0.39, 0.29) is 17.6 Å². The molecule has 9 heteroatoms. The maximum atomic E-state index is 12.6. The molecule has 0 radical (unpaired) electrons. The molecule has 30 heavy (non-hydrogen) atoms. The summed E-state index contributed by atoms with van der Waals surface area (Å²) in [5.74, 6) is 0.831. The molecule has 1 N–H and O–H groups in total. The van der Waals surface area contributed by atoms with E-state index < -0.39 is 0 Å². The third-order valence-electron chi connectivity index (χ3n) is 5.61. The first-order chi connectivity index (χ1) is 14.5. The Morgan fingerprint density at radius 1 is 0.933 bits per heavy atom. The predicted molar refractivity (Wildman–Crippen MR) is 110 cm³/mol. The first-order valence-electron chi connectivity index (χ1n) is 10.3. The SMILES string of the molecule is COc1cc(CCC(=O)N2CCN(CC(=O)N3CCOCC3)CC2)cc(OC)c1O. The molecule has 2 aliphatic heterocycles. The van der Waals surface area contributed by atoms with Crippen LogP contribution in [0.3, 0.4) is 0 Å². The Balaban J connectivity index is 1.45. The molecule has 9 nitrogen and oxygen atoms in total. The smallest absolute Gasteiger partial charge is 0.236 e. The van der Waals surface area contributed by atoms with Crippen LogP contribution in [0.5, 0.6) is 17.2 Å². The number of amides is 2. The zero-order valence-corrected chi connectivity index (χ0v) is 17.8. The van der Waals surface area contributed by atoms with Crippen molar-refractivity contribution in [1.82, 2.24) is 14.7 Å². The van der Waals surface area contributed by atoms with Gasteiger partial charge in [0.2, 0.25) is 17.6 Å². The summed E-state index contributed by atoms with van der Waals surface area (Å²) in [4.78, 5) is 30.8. The van der Waals surface area contributed by atoms with Crippen LogP contribution in [0.25, 0.3) is 0 Å². The first-order valence-corrected chi connectivity index (χ1v) is 10.3. The van der Waals surface area contributed by atoms with Gasteiger partial charge < -0.3 is 29.1 Å². The lowest BCUT2D eigenvalue weighted by Crippen LogP contribution is -2.52. The number of aryl methyl sites for hydroxylation is 1. The maximum Gasteiger partial charge on any atom is 0.236 e. The number of aromatic hydroxyl groups is 1. The van der Waals surface area contributed by atoms with E-state index in [4.69, 9.17) is 14.2 Å². The largest absolute Gasteiger partial charge is 0.502 e. The van der Waals surface area contributed by atoms with Crippen molar-refractivity contribution in [3.63, 3.8) is 0 Å². The number of rotatable bonds is 7. The third kappa shape index (κ3) is 5.54. The van der Waals surface area contributed by atoms with Gasteiger partial charge in [0.25, 0.3) is 0 Å². The van der Waals surface area contributed by atoms with Crippen molar-refractivity contribution in [1.29, 1.82) is 0 Å². The van der Waals surface area contributed by atoms with Crippen molar-refractivity contribution in [2.75, 3.05) is 73.2 Å². The van der Waals surface area contributed by atoms with Gasteiger partial charge in [-0.1, -0.05) is 0 Å². The molecule has 166 valence electrons. The van der Waals surface area contributed by atoms with Crippen LogP contribution in [0.4, 0.5) is 0 Å². The summed E-state index contributed by atoms with van der Waals surface area (Å²) >= 11 is 0. The number of phenolic OH excluding ortho intramolecular Hbond substituents is 1. The Hall–Kier alpha value is -2.52. The van der Waals surface area contributed by atoms with E-state index >= 15 is 0 Å². The Labute approximate surface area is 177 Å². The number of piperazine rings is 1. The van der Waals surface area contributed by atoms with E-state index in [1.807, 2.05) is 9.80 Å². The average molecular weight is 421 g/mol. The normalized spacial score (nSPS) is 17.7. The predicted octanol–water partition coefficient (Wildman–Crippen LogP) is 0.345. The second kappa shape index (κ2) is 10.5. The number of carbonyl (C=O) groups excluding carboxylic acids is 2. The van der Waals surface area contributed by atoms with Gasteiger partial charge in [-0.05, 0) is 24.1 Å². The van der Waals surface area contributed by atoms with Gasteiger partial charge in [0.05, 0.1) is 34.0 Å². The highest BCUT2D eigenvalue weighted by molar-refractivity contribution is 5.79. The minimum Gasteiger partial charge on any atom is -0.502 e. The second-order valence-corrected chi connectivity index (χ2v) is 7.50.